The predicted octanol–water partition coefficient (Wildman–Crippen LogP) is -1.26. The summed E-state index contributed by atoms with van der Waals surface area (Å²) < 4.78 is 9.82. The average molecular weight is 216 g/mol. The van der Waals surface area contributed by atoms with Gasteiger partial charge < -0.3 is 15.2 Å². The van der Waals surface area contributed by atoms with Crippen molar-refractivity contribution >= 4 is 11.9 Å². The van der Waals surface area contributed by atoms with Crippen LogP contribution in [0.3, 0.4) is 0 Å². The summed E-state index contributed by atoms with van der Waals surface area (Å²) in [6, 6.07) is 0. The van der Waals surface area contributed by atoms with Gasteiger partial charge in [-0.15, -0.1) is 0 Å². The summed E-state index contributed by atoms with van der Waals surface area (Å²) in [6.07, 6.45) is -0.245. The largest absolute Gasteiger partial charge is 0.467 e. The molecule has 86 valence electrons. The van der Waals surface area contributed by atoms with Crippen molar-refractivity contribution in [3.8, 4) is 0 Å². The van der Waals surface area contributed by atoms with E-state index in [-0.39, 0.29) is 11.9 Å². The number of nitrogens with zero attached hydrogens (tertiary/aromatic N) is 1. The third-order valence-electron chi connectivity index (χ3n) is 2.29. The minimum atomic E-state index is -0.545. The first kappa shape index (κ1) is 11.9. The van der Waals surface area contributed by atoms with Crippen LogP contribution in [-0.4, -0.2) is 56.2 Å². The fourth-order valence-electron chi connectivity index (χ4n) is 1.45. The van der Waals surface area contributed by atoms with Crippen molar-refractivity contribution in [2.24, 2.45) is 5.73 Å². The summed E-state index contributed by atoms with van der Waals surface area (Å²) in [5.41, 5.74) is 5.04. The fourth-order valence-corrected chi connectivity index (χ4v) is 1.45. The molecule has 1 aliphatic heterocycles. The smallest absolute Gasteiger partial charge is 0.336 e. The molecule has 1 amide bonds. The number of carbonyl (C=O) groups excluding carboxylic acids is 2. The maximum Gasteiger partial charge on any atom is 0.336 e. The lowest BCUT2D eigenvalue weighted by molar-refractivity contribution is -0.159. The summed E-state index contributed by atoms with van der Waals surface area (Å²) >= 11 is 0. The highest BCUT2D eigenvalue weighted by molar-refractivity contribution is 5.75. The molecule has 6 nitrogen and oxygen atoms in total. The molecule has 1 aliphatic rings. The van der Waals surface area contributed by atoms with Gasteiger partial charge in [0, 0.05) is 26.1 Å². The third-order valence-corrected chi connectivity index (χ3v) is 2.29. The maximum atomic E-state index is 11.2. The normalized spacial score (nSPS) is 22.3. The Hall–Kier alpha value is -1.14. The van der Waals surface area contributed by atoms with Crippen LogP contribution in [0.15, 0.2) is 0 Å². The molecule has 1 heterocycles. The highest BCUT2D eigenvalue weighted by atomic mass is 16.6. The minimum absolute atomic E-state index is 0.299. The lowest BCUT2D eigenvalue weighted by Crippen LogP contribution is -2.47. The van der Waals surface area contributed by atoms with E-state index in [9.17, 15) is 9.59 Å². The zero-order valence-corrected chi connectivity index (χ0v) is 8.77. The van der Waals surface area contributed by atoms with E-state index in [4.69, 9.17) is 10.5 Å². The van der Waals surface area contributed by atoms with Crippen molar-refractivity contribution in [2.75, 3.05) is 33.4 Å². The molecule has 0 aliphatic carbocycles. The van der Waals surface area contributed by atoms with Crippen molar-refractivity contribution < 1.29 is 19.1 Å². The highest BCUT2D eigenvalue weighted by Gasteiger charge is 2.27. The predicted molar refractivity (Wildman–Crippen MR) is 52.0 cm³/mol. The van der Waals surface area contributed by atoms with E-state index in [2.05, 4.69) is 4.74 Å². The third kappa shape index (κ3) is 3.85. The van der Waals surface area contributed by atoms with Crippen molar-refractivity contribution in [1.29, 1.82) is 0 Å². The van der Waals surface area contributed by atoms with E-state index < -0.39 is 6.10 Å². The first-order valence-electron chi connectivity index (χ1n) is 4.83. The molecule has 2 N–H and O–H groups in total. The number of morpholine rings is 1. The van der Waals surface area contributed by atoms with Gasteiger partial charge in [0.2, 0.25) is 5.91 Å². The van der Waals surface area contributed by atoms with E-state index in [1.165, 1.54) is 7.11 Å². The molecule has 0 saturated carbocycles. The van der Waals surface area contributed by atoms with Crippen molar-refractivity contribution in [3.05, 3.63) is 0 Å². The van der Waals surface area contributed by atoms with Crippen LogP contribution in [0, 0.1) is 0 Å². The van der Waals surface area contributed by atoms with Gasteiger partial charge in [0.1, 0.15) is 0 Å². The van der Waals surface area contributed by atoms with Crippen molar-refractivity contribution in [2.45, 2.75) is 12.5 Å². The van der Waals surface area contributed by atoms with Crippen molar-refractivity contribution in [3.63, 3.8) is 0 Å². The van der Waals surface area contributed by atoms with Gasteiger partial charge >= 0.3 is 5.97 Å². The molecule has 0 radical (unpaired) electrons. The molecule has 0 bridgehead atoms. The Kier molecular flexibility index (Phi) is 4.51. The van der Waals surface area contributed by atoms with Gasteiger partial charge in [0.25, 0.3) is 0 Å². The van der Waals surface area contributed by atoms with Gasteiger partial charge in [-0.1, -0.05) is 0 Å². The number of nitrogens with two attached hydrogens (primary N) is 1. The second-order valence-electron chi connectivity index (χ2n) is 3.40. The Bertz CT molecular complexity index is 244. The quantitative estimate of drug-likeness (QED) is 0.593. The molecule has 0 aromatic rings. The summed E-state index contributed by atoms with van der Waals surface area (Å²) in [5, 5.41) is 0. The van der Waals surface area contributed by atoms with E-state index in [0.717, 1.165) is 0 Å². The van der Waals surface area contributed by atoms with Crippen LogP contribution in [0.5, 0.6) is 0 Å². The highest BCUT2D eigenvalue weighted by Crippen LogP contribution is 2.06. The number of esters is 1. The Morgan fingerprint density at radius 2 is 2.33 bits per heavy atom. The number of carbonyl (C=O) groups is 2. The summed E-state index contributed by atoms with van der Waals surface area (Å²) in [5.74, 6) is -0.713. The first-order chi connectivity index (χ1) is 7.13. The molecule has 6 heteroatoms. The van der Waals surface area contributed by atoms with Gasteiger partial charge in [-0.05, 0) is 0 Å². The molecule has 1 saturated heterocycles. The number of ether oxygens (including phenoxy) is 2. The summed E-state index contributed by atoms with van der Waals surface area (Å²) in [4.78, 5) is 23.7. The molecule has 1 unspecified atom stereocenters. The average Bonchev–Trinajstić information content (AvgIpc) is 2.25. The Morgan fingerprint density at radius 3 is 2.93 bits per heavy atom. The fraction of sp³-hybridized carbons (Fsp3) is 0.778. The monoisotopic (exact) mass is 216 g/mol. The van der Waals surface area contributed by atoms with E-state index in [1.807, 2.05) is 4.90 Å². The standard InChI is InChI=1S/C9H16N2O4/c1-14-9(13)7-6-11(4-5-15-7)3-2-8(10)12/h7H,2-6H2,1H3,(H2,10,12). The Balaban J connectivity index is 2.35. The zero-order valence-electron chi connectivity index (χ0n) is 8.77. The minimum Gasteiger partial charge on any atom is -0.467 e. The van der Waals surface area contributed by atoms with Crippen LogP contribution < -0.4 is 5.73 Å². The Morgan fingerprint density at radius 1 is 1.60 bits per heavy atom. The topological polar surface area (TPSA) is 81.9 Å². The first-order valence-corrected chi connectivity index (χ1v) is 4.83. The molecule has 1 rings (SSSR count). The van der Waals surface area contributed by atoms with E-state index in [0.29, 0.717) is 32.7 Å². The van der Waals surface area contributed by atoms with Gasteiger partial charge in [0.15, 0.2) is 6.10 Å². The summed E-state index contributed by atoms with van der Waals surface area (Å²) in [7, 11) is 1.33. The van der Waals surface area contributed by atoms with Crippen LogP contribution in [0.1, 0.15) is 6.42 Å². The number of hydrogen-bond acceptors (Lipinski definition) is 5. The lowest BCUT2D eigenvalue weighted by Gasteiger charge is -2.30. The molecule has 0 spiro atoms. The second-order valence-corrected chi connectivity index (χ2v) is 3.40. The lowest BCUT2D eigenvalue weighted by atomic mass is 10.2. The van der Waals surface area contributed by atoms with Gasteiger partial charge in [-0.2, -0.15) is 0 Å². The number of amides is 1. The SMILES string of the molecule is COC(=O)C1CN(CCC(N)=O)CCO1. The van der Waals surface area contributed by atoms with E-state index >= 15 is 0 Å². The van der Waals surface area contributed by atoms with Crippen LogP contribution >= 0.6 is 0 Å². The summed E-state index contributed by atoms with van der Waals surface area (Å²) in [6.45, 7) is 2.20. The molecule has 0 aromatic carbocycles. The van der Waals surface area contributed by atoms with Crippen LogP contribution in [0.25, 0.3) is 0 Å². The van der Waals surface area contributed by atoms with Crippen LogP contribution in [0.4, 0.5) is 0 Å². The zero-order chi connectivity index (χ0) is 11.3. The molecule has 0 aromatic heterocycles. The van der Waals surface area contributed by atoms with Gasteiger partial charge in [-0.25, -0.2) is 4.79 Å². The van der Waals surface area contributed by atoms with Crippen molar-refractivity contribution in [1.82, 2.24) is 4.90 Å². The van der Waals surface area contributed by atoms with E-state index in [1.54, 1.807) is 0 Å². The number of rotatable bonds is 4. The molecular weight excluding hydrogens is 200 g/mol. The maximum absolute atomic E-state index is 11.2. The second kappa shape index (κ2) is 5.67. The number of primary amides is 1. The Labute approximate surface area is 88.3 Å². The molecular formula is C9H16N2O4. The number of methoxy groups -OCH3 is 1. The van der Waals surface area contributed by atoms with Crippen LogP contribution in [-0.2, 0) is 19.1 Å². The molecule has 15 heavy (non-hydrogen) atoms. The number of hydrogen-bond donors (Lipinski definition) is 1. The van der Waals surface area contributed by atoms with Gasteiger partial charge in [-0.3, -0.25) is 9.69 Å². The molecule has 1 atom stereocenters. The van der Waals surface area contributed by atoms with Gasteiger partial charge in [0.05, 0.1) is 13.7 Å². The molecule has 1 fully saturated rings. The van der Waals surface area contributed by atoms with Crippen LogP contribution in [0.2, 0.25) is 0 Å².